The summed E-state index contributed by atoms with van der Waals surface area (Å²) in [6.45, 7) is 4.88. The molecule has 0 spiro atoms. The van der Waals surface area contributed by atoms with Gasteiger partial charge in [0.15, 0.2) is 0 Å². The van der Waals surface area contributed by atoms with Crippen molar-refractivity contribution < 1.29 is 18.0 Å². The van der Waals surface area contributed by atoms with Gasteiger partial charge in [0.05, 0.1) is 10.6 Å². The van der Waals surface area contributed by atoms with Gasteiger partial charge in [0, 0.05) is 27.7 Å². The van der Waals surface area contributed by atoms with Gasteiger partial charge in [-0.1, -0.05) is 59.9 Å². The van der Waals surface area contributed by atoms with E-state index in [1.54, 1.807) is 49.4 Å². The molecule has 3 rings (SSSR count). The van der Waals surface area contributed by atoms with Crippen LogP contribution in [0.25, 0.3) is 0 Å². The van der Waals surface area contributed by atoms with Gasteiger partial charge in [0.25, 0.3) is 10.0 Å². The van der Waals surface area contributed by atoms with E-state index in [0.717, 1.165) is 4.31 Å². The average molecular weight is 611 g/mol. The number of nitrogens with one attached hydrogen (secondary N) is 1. The minimum Gasteiger partial charge on any atom is -0.352 e. The Labute approximate surface area is 244 Å². The third kappa shape index (κ3) is 8.11. The van der Waals surface area contributed by atoms with Crippen molar-refractivity contribution in [3.8, 4) is 0 Å². The maximum atomic E-state index is 13.9. The van der Waals surface area contributed by atoms with E-state index >= 15 is 0 Å². The molecule has 39 heavy (non-hydrogen) atoms. The molecule has 0 radical (unpaired) electrons. The van der Waals surface area contributed by atoms with Crippen LogP contribution in [0.3, 0.4) is 0 Å². The molecule has 11 heteroatoms. The fourth-order valence-electron chi connectivity index (χ4n) is 3.77. The van der Waals surface area contributed by atoms with Gasteiger partial charge in [-0.15, -0.1) is 0 Å². The molecule has 0 unspecified atom stereocenters. The molecule has 0 saturated carbocycles. The van der Waals surface area contributed by atoms with E-state index in [1.807, 2.05) is 13.8 Å². The molecule has 0 aromatic heterocycles. The first kappa shape index (κ1) is 30.8. The first-order chi connectivity index (χ1) is 18.4. The second-order valence-corrected chi connectivity index (χ2v) is 12.3. The number of hydrogen-bond donors (Lipinski definition) is 1. The van der Waals surface area contributed by atoms with Crippen LogP contribution in [0.1, 0.15) is 32.8 Å². The first-order valence-electron chi connectivity index (χ1n) is 12.3. The number of rotatable bonds is 11. The first-order valence-corrected chi connectivity index (χ1v) is 14.9. The van der Waals surface area contributed by atoms with Crippen LogP contribution in [0, 0.1) is 0 Å². The molecule has 0 saturated heterocycles. The highest BCUT2D eigenvalue weighted by Gasteiger charge is 2.33. The Kier molecular flexibility index (Phi) is 10.7. The van der Waals surface area contributed by atoms with Gasteiger partial charge < -0.3 is 10.2 Å². The number of amides is 2. The minimum absolute atomic E-state index is 0.0405. The molecule has 2 atom stereocenters. The summed E-state index contributed by atoms with van der Waals surface area (Å²) < 4.78 is 28.5. The summed E-state index contributed by atoms with van der Waals surface area (Å²) in [5, 5.41) is 4.04. The predicted octanol–water partition coefficient (Wildman–Crippen LogP) is 6.17. The molecule has 0 aliphatic carbocycles. The fraction of sp³-hybridized carbons (Fsp3) is 0.286. The van der Waals surface area contributed by atoms with Gasteiger partial charge in [-0.3, -0.25) is 13.9 Å². The zero-order chi connectivity index (χ0) is 28.7. The van der Waals surface area contributed by atoms with Crippen LogP contribution in [-0.4, -0.2) is 43.8 Å². The van der Waals surface area contributed by atoms with Crippen LogP contribution in [0.4, 0.5) is 5.69 Å². The van der Waals surface area contributed by atoms with Crippen LogP contribution < -0.4 is 9.62 Å². The largest absolute Gasteiger partial charge is 0.352 e. The number of carbonyl (C=O) groups excluding carboxylic acids is 2. The van der Waals surface area contributed by atoms with Gasteiger partial charge >= 0.3 is 0 Å². The number of hydrogen-bond acceptors (Lipinski definition) is 4. The van der Waals surface area contributed by atoms with Crippen molar-refractivity contribution in [2.45, 2.75) is 50.7 Å². The zero-order valence-electron chi connectivity index (χ0n) is 21.8. The van der Waals surface area contributed by atoms with E-state index in [4.69, 9.17) is 34.8 Å². The number of benzene rings is 3. The Bertz CT molecular complexity index is 1420. The highest BCUT2D eigenvalue weighted by molar-refractivity contribution is 7.92. The van der Waals surface area contributed by atoms with Crippen LogP contribution in [0.15, 0.2) is 77.7 Å². The van der Waals surface area contributed by atoms with E-state index in [2.05, 4.69) is 5.32 Å². The smallest absolute Gasteiger partial charge is 0.264 e. The molecule has 0 aliphatic rings. The van der Waals surface area contributed by atoms with Gasteiger partial charge in [-0.05, 0) is 80.4 Å². The molecule has 0 bridgehead atoms. The lowest BCUT2D eigenvalue weighted by Gasteiger charge is -2.32. The van der Waals surface area contributed by atoms with Crippen molar-refractivity contribution in [1.82, 2.24) is 10.2 Å². The number of anilines is 1. The van der Waals surface area contributed by atoms with Gasteiger partial charge in [0.2, 0.25) is 11.8 Å². The highest BCUT2D eigenvalue weighted by Crippen LogP contribution is 2.27. The molecule has 0 heterocycles. The van der Waals surface area contributed by atoms with Crippen molar-refractivity contribution in [2.24, 2.45) is 0 Å². The van der Waals surface area contributed by atoms with E-state index < -0.39 is 28.5 Å². The molecule has 3 aromatic carbocycles. The third-order valence-electron chi connectivity index (χ3n) is 6.19. The number of sulfonamides is 1. The maximum Gasteiger partial charge on any atom is 0.264 e. The summed E-state index contributed by atoms with van der Waals surface area (Å²) in [7, 11) is -4.22. The summed E-state index contributed by atoms with van der Waals surface area (Å²) in [4.78, 5) is 28.3. The van der Waals surface area contributed by atoms with E-state index in [0.29, 0.717) is 27.1 Å². The third-order valence-corrected chi connectivity index (χ3v) is 8.70. The molecule has 3 aromatic rings. The normalized spacial score (nSPS) is 12.9. The second-order valence-electron chi connectivity index (χ2n) is 9.09. The monoisotopic (exact) mass is 609 g/mol. The van der Waals surface area contributed by atoms with Crippen molar-refractivity contribution in [1.29, 1.82) is 0 Å². The van der Waals surface area contributed by atoms with Crippen LogP contribution in [0.2, 0.25) is 15.1 Å². The number of halogens is 3. The Morgan fingerprint density at radius 1 is 0.872 bits per heavy atom. The molecule has 7 nitrogen and oxygen atoms in total. The van der Waals surface area contributed by atoms with Crippen molar-refractivity contribution in [3.05, 3.63) is 93.4 Å². The molecule has 0 fully saturated rings. The van der Waals surface area contributed by atoms with Crippen molar-refractivity contribution in [2.75, 3.05) is 10.8 Å². The SMILES string of the molecule is CC[C@@H](C)NC(=O)[C@@H](C)N(Cc1cccc(Cl)c1)C(=O)CN(c1cccc(Cl)c1)S(=O)(=O)c1ccc(Cl)cc1. The minimum atomic E-state index is -4.22. The molecule has 1 N–H and O–H groups in total. The molecule has 0 aliphatic heterocycles. The summed E-state index contributed by atoms with van der Waals surface area (Å²) in [5.74, 6) is -0.936. The second kappa shape index (κ2) is 13.5. The summed E-state index contributed by atoms with van der Waals surface area (Å²) in [6, 6.07) is 17.8. The standard InChI is InChI=1S/C28H30Cl3N3O4S/c1-4-19(2)32-28(36)20(3)33(17-21-7-5-8-23(30)15-21)27(35)18-34(25-10-6-9-24(31)16-25)39(37,38)26-13-11-22(29)12-14-26/h5-16,19-20H,4,17-18H2,1-3H3,(H,32,36)/t19-,20-/m1/s1. The van der Waals surface area contributed by atoms with E-state index in [-0.39, 0.29) is 29.1 Å². The lowest BCUT2D eigenvalue weighted by Crippen LogP contribution is -2.52. The Balaban J connectivity index is 2.03. The molecule has 208 valence electrons. The quantitative estimate of drug-likeness (QED) is 0.281. The maximum absolute atomic E-state index is 13.9. The Hall–Kier alpha value is -2.78. The lowest BCUT2D eigenvalue weighted by molar-refractivity contribution is -0.139. The zero-order valence-corrected chi connectivity index (χ0v) is 24.9. The lowest BCUT2D eigenvalue weighted by atomic mass is 10.1. The molecular weight excluding hydrogens is 581 g/mol. The Morgan fingerprint density at radius 2 is 1.49 bits per heavy atom. The Morgan fingerprint density at radius 3 is 2.08 bits per heavy atom. The van der Waals surface area contributed by atoms with Gasteiger partial charge in [0.1, 0.15) is 12.6 Å². The van der Waals surface area contributed by atoms with E-state index in [9.17, 15) is 18.0 Å². The summed E-state index contributed by atoms with van der Waals surface area (Å²) >= 11 is 18.3. The predicted molar refractivity (Wildman–Crippen MR) is 157 cm³/mol. The fourth-order valence-corrected chi connectivity index (χ4v) is 5.70. The molecular formula is C28H30Cl3N3O4S. The topological polar surface area (TPSA) is 86.8 Å². The van der Waals surface area contributed by atoms with Crippen LogP contribution >= 0.6 is 34.8 Å². The van der Waals surface area contributed by atoms with Crippen LogP contribution in [0.5, 0.6) is 0 Å². The highest BCUT2D eigenvalue weighted by atomic mass is 35.5. The molecule has 2 amide bonds. The van der Waals surface area contributed by atoms with E-state index in [1.165, 1.54) is 35.2 Å². The van der Waals surface area contributed by atoms with Gasteiger partial charge in [-0.25, -0.2) is 8.42 Å². The van der Waals surface area contributed by atoms with Gasteiger partial charge in [-0.2, -0.15) is 0 Å². The van der Waals surface area contributed by atoms with Crippen LogP contribution in [-0.2, 0) is 26.2 Å². The number of carbonyl (C=O) groups is 2. The van der Waals surface area contributed by atoms with Crippen molar-refractivity contribution >= 4 is 62.3 Å². The number of nitrogens with zero attached hydrogens (tertiary/aromatic N) is 2. The average Bonchev–Trinajstić information content (AvgIpc) is 2.89. The van der Waals surface area contributed by atoms with Crippen molar-refractivity contribution in [3.63, 3.8) is 0 Å². The summed E-state index contributed by atoms with van der Waals surface area (Å²) in [6.07, 6.45) is 0.711. The summed E-state index contributed by atoms with van der Waals surface area (Å²) in [5.41, 5.74) is 0.888.